The summed E-state index contributed by atoms with van der Waals surface area (Å²) >= 11 is 0. The van der Waals surface area contributed by atoms with Crippen LogP contribution in [0.3, 0.4) is 0 Å². The van der Waals surface area contributed by atoms with E-state index in [2.05, 4.69) is 4.90 Å². The number of halogens is 3. The van der Waals surface area contributed by atoms with Crippen LogP contribution in [0, 0.1) is 0 Å². The number of hydrogen-bond donors (Lipinski definition) is 1. The molecule has 1 spiro atoms. The summed E-state index contributed by atoms with van der Waals surface area (Å²) < 4.78 is 42.7. The number of morpholine rings is 1. The predicted octanol–water partition coefficient (Wildman–Crippen LogP) is 0.233. The summed E-state index contributed by atoms with van der Waals surface area (Å²) in [6, 6.07) is 0. The highest BCUT2D eigenvalue weighted by atomic mass is 19.4. The summed E-state index contributed by atoms with van der Waals surface area (Å²) in [7, 11) is 1.97. The van der Waals surface area contributed by atoms with Gasteiger partial charge in [-0.1, -0.05) is 0 Å². The van der Waals surface area contributed by atoms with Crippen molar-refractivity contribution >= 4 is 5.91 Å². The van der Waals surface area contributed by atoms with Gasteiger partial charge in [0.2, 0.25) is 6.10 Å². The maximum atomic E-state index is 12.3. The van der Waals surface area contributed by atoms with E-state index in [1.165, 1.54) is 0 Å². The number of alkyl halides is 3. The van der Waals surface area contributed by atoms with Gasteiger partial charge in [0.1, 0.15) is 0 Å². The molecule has 2 aliphatic rings. The molecular weight excluding hydrogens is 277 g/mol. The molecule has 20 heavy (non-hydrogen) atoms. The molecule has 0 aliphatic carbocycles. The lowest BCUT2D eigenvalue weighted by atomic mass is 9.89. The van der Waals surface area contributed by atoms with E-state index in [-0.39, 0.29) is 18.7 Å². The third-order valence-corrected chi connectivity index (χ3v) is 3.97. The van der Waals surface area contributed by atoms with E-state index >= 15 is 0 Å². The fraction of sp³-hybridized carbons (Fsp3) is 0.917. The zero-order chi connectivity index (χ0) is 15.0. The molecule has 0 radical (unpaired) electrons. The van der Waals surface area contributed by atoms with Crippen LogP contribution < -0.4 is 0 Å². The Kier molecular flexibility index (Phi) is 4.27. The first kappa shape index (κ1) is 15.5. The summed E-state index contributed by atoms with van der Waals surface area (Å²) in [5, 5.41) is 8.99. The van der Waals surface area contributed by atoms with Gasteiger partial charge < -0.3 is 19.6 Å². The van der Waals surface area contributed by atoms with Crippen molar-refractivity contribution in [1.82, 2.24) is 9.80 Å². The summed E-state index contributed by atoms with van der Waals surface area (Å²) in [5.41, 5.74) is -0.368. The second kappa shape index (κ2) is 5.50. The first-order chi connectivity index (χ1) is 9.23. The number of aliphatic hydroxyl groups is 1. The van der Waals surface area contributed by atoms with E-state index in [4.69, 9.17) is 9.84 Å². The molecule has 1 N–H and O–H groups in total. The quantitative estimate of drug-likeness (QED) is 0.753. The molecule has 2 rings (SSSR count). The Morgan fingerprint density at radius 3 is 2.40 bits per heavy atom. The SMILES string of the molecule is CN1CCOC2(CCN(C(=O)C(O)C(F)(F)F)CC2)C1. The van der Waals surface area contributed by atoms with E-state index in [0.717, 1.165) is 18.0 Å². The molecule has 5 nitrogen and oxygen atoms in total. The van der Waals surface area contributed by atoms with Crippen molar-refractivity contribution in [3.05, 3.63) is 0 Å². The molecule has 1 amide bonds. The number of carbonyl (C=O) groups is 1. The smallest absolute Gasteiger partial charge is 0.376 e. The number of rotatable bonds is 1. The third-order valence-electron chi connectivity index (χ3n) is 3.97. The highest BCUT2D eigenvalue weighted by molar-refractivity contribution is 5.81. The summed E-state index contributed by atoms with van der Waals surface area (Å²) in [5.74, 6) is -1.27. The number of likely N-dealkylation sites (tertiary alicyclic amines) is 1. The average Bonchev–Trinajstić information content (AvgIpc) is 2.37. The van der Waals surface area contributed by atoms with Gasteiger partial charge in [0, 0.05) is 26.2 Å². The van der Waals surface area contributed by atoms with Gasteiger partial charge in [-0.05, 0) is 19.9 Å². The molecule has 8 heteroatoms. The zero-order valence-corrected chi connectivity index (χ0v) is 11.3. The zero-order valence-electron chi connectivity index (χ0n) is 11.3. The maximum Gasteiger partial charge on any atom is 0.423 e. The van der Waals surface area contributed by atoms with Crippen LogP contribution in [0.5, 0.6) is 0 Å². The predicted molar refractivity (Wildman–Crippen MR) is 64.1 cm³/mol. The van der Waals surface area contributed by atoms with Crippen LogP contribution in [0.2, 0.25) is 0 Å². The van der Waals surface area contributed by atoms with E-state index in [9.17, 15) is 18.0 Å². The van der Waals surface area contributed by atoms with Gasteiger partial charge in [0.05, 0.1) is 12.2 Å². The Morgan fingerprint density at radius 1 is 1.30 bits per heavy atom. The van der Waals surface area contributed by atoms with Gasteiger partial charge in [0.15, 0.2) is 0 Å². The lowest BCUT2D eigenvalue weighted by Crippen LogP contribution is -2.58. The van der Waals surface area contributed by atoms with Gasteiger partial charge in [-0.25, -0.2) is 0 Å². The van der Waals surface area contributed by atoms with Crippen LogP contribution in [0.15, 0.2) is 0 Å². The summed E-state index contributed by atoms with van der Waals surface area (Å²) in [6.45, 7) is 2.50. The van der Waals surface area contributed by atoms with E-state index < -0.39 is 18.2 Å². The molecule has 0 aromatic heterocycles. The molecule has 116 valence electrons. The van der Waals surface area contributed by atoms with Gasteiger partial charge in [-0.3, -0.25) is 4.79 Å². The van der Waals surface area contributed by atoms with Crippen LogP contribution in [-0.2, 0) is 9.53 Å². The third kappa shape index (κ3) is 3.24. The molecule has 2 saturated heterocycles. The Labute approximate surface area is 115 Å². The molecule has 1 atom stereocenters. The van der Waals surface area contributed by atoms with E-state index in [1.807, 2.05) is 7.05 Å². The minimum atomic E-state index is -4.91. The number of ether oxygens (including phenoxy) is 1. The lowest BCUT2D eigenvalue weighted by Gasteiger charge is -2.46. The molecule has 0 saturated carbocycles. The fourth-order valence-corrected chi connectivity index (χ4v) is 2.78. The van der Waals surface area contributed by atoms with Crippen molar-refractivity contribution < 1.29 is 27.8 Å². The molecule has 0 bridgehead atoms. The Morgan fingerprint density at radius 2 is 1.90 bits per heavy atom. The maximum absolute atomic E-state index is 12.3. The van der Waals surface area contributed by atoms with Gasteiger partial charge in [-0.2, -0.15) is 13.2 Å². The fourth-order valence-electron chi connectivity index (χ4n) is 2.78. The number of aliphatic hydroxyl groups excluding tert-OH is 1. The summed E-state index contributed by atoms with van der Waals surface area (Å²) in [4.78, 5) is 14.8. The minimum Gasteiger partial charge on any atom is -0.376 e. The van der Waals surface area contributed by atoms with Gasteiger partial charge in [-0.15, -0.1) is 0 Å². The van der Waals surface area contributed by atoms with E-state index in [0.29, 0.717) is 19.4 Å². The van der Waals surface area contributed by atoms with E-state index in [1.54, 1.807) is 0 Å². The highest BCUT2D eigenvalue weighted by Gasteiger charge is 2.47. The number of carbonyl (C=O) groups excluding carboxylic acids is 1. The van der Waals surface area contributed by atoms with Crippen LogP contribution in [-0.4, -0.2) is 78.5 Å². The Balaban J connectivity index is 1.92. The second-order valence-corrected chi connectivity index (χ2v) is 5.54. The van der Waals surface area contributed by atoms with Crippen LogP contribution in [0.25, 0.3) is 0 Å². The van der Waals surface area contributed by atoms with Crippen LogP contribution >= 0.6 is 0 Å². The Hall–Kier alpha value is -0.860. The van der Waals surface area contributed by atoms with Crippen molar-refractivity contribution in [3.63, 3.8) is 0 Å². The second-order valence-electron chi connectivity index (χ2n) is 5.54. The topological polar surface area (TPSA) is 53.0 Å². The number of piperidine rings is 1. The van der Waals surface area contributed by atoms with Gasteiger partial charge >= 0.3 is 6.18 Å². The molecule has 0 aromatic rings. The monoisotopic (exact) mass is 296 g/mol. The van der Waals surface area contributed by atoms with Crippen molar-refractivity contribution in [2.45, 2.75) is 30.7 Å². The number of hydrogen-bond acceptors (Lipinski definition) is 4. The molecule has 2 heterocycles. The van der Waals surface area contributed by atoms with Crippen molar-refractivity contribution in [3.8, 4) is 0 Å². The average molecular weight is 296 g/mol. The van der Waals surface area contributed by atoms with Crippen LogP contribution in [0.1, 0.15) is 12.8 Å². The largest absolute Gasteiger partial charge is 0.423 e. The lowest BCUT2D eigenvalue weighted by molar-refractivity contribution is -0.213. The molecule has 0 aromatic carbocycles. The molecular formula is C12H19F3N2O3. The Bertz CT molecular complexity index is 367. The number of nitrogens with zero attached hydrogens (tertiary/aromatic N) is 2. The first-order valence-electron chi connectivity index (χ1n) is 6.60. The van der Waals surface area contributed by atoms with Crippen LogP contribution in [0.4, 0.5) is 13.2 Å². The summed E-state index contributed by atoms with van der Waals surface area (Å²) in [6.07, 6.45) is -6.85. The standard InChI is InChI=1S/C12H19F3N2O3/c1-16-6-7-20-11(8-16)2-4-17(5-3-11)10(19)9(18)12(13,14)15/h9,18H,2-8H2,1H3. The molecule has 2 aliphatic heterocycles. The number of amides is 1. The van der Waals surface area contributed by atoms with Gasteiger partial charge in [0.25, 0.3) is 5.91 Å². The normalized spacial score (nSPS) is 25.8. The molecule has 2 fully saturated rings. The minimum absolute atomic E-state index is 0.180. The highest BCUT2D eigenvalue weighted by Crippen LogP contribution is 2.31. The number of likely N-dealkylation sites (N-methyl/N-ethyl adjacent to an activating group) is 1. The van der Waals surface area contributed by atoms with Crippen molar-refractivity contribution in [1.29, 1.82) is 0 Å². The van der Waals surface area contributed by atoms with Crippen molar-refractivity contribution in [2.75, 3.05) is 39.8 Å². The van der Waals surface area contributed by atoms with Crippen molar-refractivity contribution in [2.24, 2.45) is 0 Å². The first-order valence-corrected chi connectivity index (χ1v) is 6.60. The molecule has 1 unspecified atom stereocenters.